The zero-order valence-electron chi connectivity index (χ0n) is 11.4. The highest BCUT2D eigenvalue weighted by atomic mass is 32.2. The van der Waals surface area contributed by atoms with Crippen LogP contribution < -0.4 is 11.1 Å². The molecule has 21 heavy (non-hydrogen) atoms. The zero-order valence-corrected chi connectivity index (χ0v) is 12.2. The topological polar surface area (TPSA) is 118 Å². The minimum absolute atomic E-state index is 0.0441. The fourth-order valence-electron chi connectivity index (χ4n) is 2.90. The van der Waals surface area contributed by atoms with Gasteiger partial charge in [0.25, 0.3) is 0 Å². The summed E-state index contributed by atoms with van der Waals surface area (Å²) in [6.45, 7) is 0.797. The molecule has 2 atom stereocenters. The Kier molecular flexibility index (Phi) is 3.54. The summed E-state index contributed by atoms with van der Waals surface area (Å²) in [4.78, 5) is 18.9. The van der Waals surface area contributed by atoms with Gasteiger partial charge in [0, 0.05) is 25.6 Å². The van der Waals surface area contributed by atoms with Crippen LogP contribution in [0.2, 0.25) is 0 Å². The molecule has 1 amide bonds. The average Bonchev–Trinajstić information content (AvgIpc) is 2.47. The Hall–Kier alpha value is -1.74. The molecule has 1 aromatic heterocycles. The lowest BCUT2D eigenvalue weighted by Gasteiger charge is -2.40. The van der Waals surface area contributed by atoms with Crippen molar-refractivity contribution in [3.8, 4) is 0 Å². The van der Waals surface area contributed by atoms with E-state index in [9.17, 15) is 13.2 Å². The molecular weight excluding hydrogens is 294 g/mol. The second-order valence-corrected chi connectivity index (χ2v) is 7.34. The number of fused-ring (bicyclic) bond motifs is 1. The number of piperidine rings is 2. The van der Waals surface area contributed by atoms with Gasteiger partial charge in [0.1, 0.15) is 4.90 Å². The van der Waals surface area contributed by atoms with Gasteiger partial charge in [-0.3, -0.25) is 4.79 Å². The number of rotatable bonds is 2. The molecule has 0 spiro atoms. The Morgan fingerprint density at radius 1 is 1.29 bits per heavy atom. The molecule has 0 radical (unpaired) electrons. The van der Waals surface area contributed by atoms with Gasteiger partial charge in [-0.15, -0.1) is 0 Å². The highest BCUT2D eigenvalue weighted by Gasteiger charge is 2.38. The number of hydrogen-bond donors (Lipinski definition) is 2. The second-order valence-electron chi connectivity index (χ2n) is 5.40. The molecule has 0 saturated carbocycles. The Labute approximate surface area is 122 Å². The van der Waals surface area contributed by atoms with E-state index in [1.165, 1.54) is 16.7 Å². The molecule has 3 N–H and O–H groups in total. The Morgan fingerprint density at radius 3 is 2.71 bits per heavy atom. The van der Waals surface area contributed by atoms with Crippen LogP contribution in [0.4, 0.5) is 5.95 Å². The smallest absolute Gasteiger partial charge is 0.246 e. The molecule has 114 valence electrons. The highest BCUT2D eigenvalue weighted by Crippen LogP contribution is 2.28. The Balaban J connectivity index is 1.78. The maximum atomic E-state index is 12.6. The van der Waals surface area contributed by atoms with Crippen LogP contribution in [0.1, 0.15) is 19.3 Å². The maximum absolute atomic E-state index is 12.6. The van der Waals surface area contributed by atoms with Crippen LogP contribution in [-0.2, 0) is 14.8 Å². The van der Waals surface area contributed by atoms with Gasteiger partial charge >= 0.3 is 0 Å². The van der Waals surface area contributed by atoms with Crippen molar-refractivity contribution in [2.75, 3.05) is 18.8 Å². The molecule has 9 heteroatoms. The summed E-state index contributed by atoms with van der Waals surface area (Å²) < 4.78 is 26.6. The van der Waals surface area contributed by atoms with Crippen LogP contribution in [-0.4, -0.2) is 47.7 Å². The third-order valence-electron chi connectivity index (χ3n) is 4.07. The number of amides is 1. The molecule has 0 aliphatic carbocycles. The molecule has 0 bridgehead atoms. The van der Waals surface area contributed by atoms with Crippen molar-refractivity contribution in [1.29, 1.82) is 0 Å². The molecule has 2 aliphatic heterocycles. The number of sulfonamides is 1. The quantitative estimate of drug-likeness (QED) is 0.749. The van der Waals surface area contributed by atoms with Crippen LogP contribution in [0.5, 0.6) is 0 Å². The number of anilines is 1. The molecular formula is C12H17N5O3S. The van der Waals surface area contributed by atoms with Gasteiger partial charge in [-0.2, -0.15) is 4.31 Å². The number of nitrogens with one attached hydrogen (secondary N) is 1. The van der Waals surface area contributed by atoms with E-state index >= 15 is 0 Å². The predicted octanol–water partition coefficient (Wildman–Crippen LogP) is -0.652. The molecule has 8 nitrogen and oxygen atoms in total. The molecule has 2 fully saturated rings. The van der Waals surface area contributed by atoms with Crippen LogP contribution >= 0.6 is 0 Å². The van der Waals surface area contributed by atoms with Gasteiger partial charge in [-0.05, 0) is 18.8 Å². The van der Waals surface area contributed by atoms with Gasteiger partial charge in [0.2, 0.25) is 21.9 Å². The highest BCUT2D eigenvalue weighted by molar-refractivity contribution is 7.89. The first-order valence-electron chi connectivity index (χ1n) is 6.84. The van der Waals surface area contributed by atoms with Crippen molar-refractivity contribution in [1.82, 2.24) is 19.6 Å². The van der Waals surface area contributed by atoms with Gasteiger partial charge in [0.05, 0.1) is 12.4 Å². The molecule has 1 aromatic rings. The second kappa shape index (κ2) is 5.23. The van der Waals surface area contributed by atoms with Crippen molar-refractivity contribution < 1.29 is 13.2 Å². The first kappa shape index (κ1) is 14.2. The molecule has 2 saturated heterocycles. The zero-order chi connectivity index (χ0) is 15.0. The lowest BCUT2D eigenvalue weighted by molar-refractivity contribution is -0.124. The van der Waals surface area contributed by atoms with E-state index in [1.54, 1.807) is 0 Å². The van der Waals surface area contributed by atoms with Crippen molar-refractivity contribution in [3.63, 3.8) is 0 Å². The van der Waals surface area contributed by atoms with Gasteiger partial charge in [0.15, 0.2) is 0 Å². The van der Waals surface area contributed by atoms with Gasteiger partial charge in [-0.1, -0.05) is 0 Å². The average molecular weight is 311 g/mol. The summed E-state index contributed by atoms with van der Waals surface area (Å²) in [6.07, 6.45) is 4.27. The number of nitrogens with two attached hydrogens (primary N) is 1. The molecule has 0 aromatic carbocycles. The Morgan fingerprint density at radius 2 is 2.00 bits per heavy atom. The van der Waals surface area contributed by atoms with Gasteiger partial charge in [-0.25, -0.2) is 18.4 Å². The van der Waals surface area contributed by atoms with E-state index in [0.29, 0.717) is 25.9 Å². The van der Waals surface area contributed by atoms with Gasteiger partial charge < -0.3 is 11.1 Å². The Bertz CT molecular complexity index is 645. The summed E-state index contributed by atoms with van der Waals surface area (Å²) in [6, 6.07) is 0.0837. The summed E-state index contributed by atoms with van der Waals surface area (Å²) >= 11 is 0. The van der Waals surface area contributed by atoms with Crippen LogP contribution in [0, 0.1) is 5.92 Å². The monoisotopic (exact) mass is 311 g/mol. The number of carbonyl (C=O) groups excluding carboxylic acids is 1. The van der Waals surface area contributed by atoms with Crippen LogP contribution in [0.3, 0.4) is 0 Å². The van der Waals surface area contributed by atoms with Crippen molar-refractivity contribution in [2.45, 2.75) is 30.2 Å². The predicted molar refractivity (Wildman–Crippen MR) is 74.5 cm³/mol. The molecule has 2 unspecified atom stereocenters. The van der Waals surface area contributed by atoms with E-state index in [1.807, 2.05) is 0 Å². The third-order valence-corrected chi connectivity index (χ3v) is 5.89. The number of nitrogen functional groups attached to an aromatic ring is 1. The number of nitrogens with zero attached hydrogens (tertiary/aromatic N) is 3. The maximum Gasteiger partial charge on any atom is 0.246 e. The van der Waals surface area contributed by atoms with E-state index in [0.717, 1.165) is 6.42 Å². The lowest BCUT2D eigenvalue weighted by Crippen LogP contribution is -2.55. The molecule has 2 aliphatic rings. The summed E-state index contributed by atoms with van der Waals surface area (Å²) in [5, 5.41) is 2.94. The van der Waals surface area contributed by atoms with Crippen molar-refractivity contribution in [2.24, 2.45) is 5.92 Å². The summed E-state index contributed by atoms with van der Waals surface area (Å²) in [7, 11) is -3.60. The van der Waals surface area contributed by atoms with E-state index in [2.05, 4.69) is 15.3 Å². The first-order chi connectivity index (χ1) is 9.96. The molecule has 3 heterocycles. The lowest BCUT2D eigenvalue weighted by atomic mass is 9.86. The van der Waals surface area contributed by atoms with E-state index in [4.69, 9.17) is 5.73 Å². The van der Waals surface area contributed by atoms with E-state index in [-0.39, 0.29) is 28.7 Å². The SMILES string of the molecule is Nc1ncc(S(=O)(=O)N2CCC3NC(=O)CCC3C2)cn1. The van der Waals surface area contributed by atoms with Crippen LogP contribution in [0.15, 0.2) is 17.3 Å². The van der Waals surface area contributed by atoms with Crippen molar-refractivity contribution in [3.05, 3.63) is 12.4 Å². The third kappa shape index (κ3) is 2.70. The number of hydrogen-bond acceptors (Lipinski definition) is 6. The largest absolute Gasteiger partial charge is 0.368 e. The van der Waals surface area contributed by atoms with E-state index < -0.39 is 10.0 Å². The van der Waals surface area contributed by atoms with Crippen molar-refractivity contribution >= 4 is 21.9 Å². The number of carbonyl (C=O) groups is 1. The molecule has 3 rings (SSSR count). The normalized spacial score (nSPS) is 27.0. The minimum atomic E-state index is -3.60. The summed E-state index contributed by atoms with van der Waals surface area (Å²) in [5.74, 6) is 0.267. The fourth-order valence-corrected chi connectivity index (χ4v) is 4.31. The number of aromatic nitrogens is 2. The standard InChI is InChI=1S/C12H17N5O3S/c13-12-14-5-9(6-15-12)21(19,20)17-4-3-10-8(7-17)1-2-11(18)16-10/h5-6,8,10H,1-4,7H2,(H,16,18)(H2,13,14,15). The minimum Gasteiger partial charge on any atom is -0.368 e. The first-order valence-corrected chi connectivity index (χ1v) is 8.28. The fraction of sp³-hybridized carbons (Fsp3) is 0.583. The summed E-state index contributed by atoms with van der Waals surface area (Å²) in [5.41, 5.74) is 5.38. The van der Waals surface area contributed by atoms with Crippen LogP contribution in [0.25, 0.3) is 0 Å².